The number of nitrogen functional groups attached to an aromatic ring is 1. The molecule has 8 heteroatoms. The first-order valence-electron chi connectivity index (χ1n) is 7.00. The van der Waals surface area contributed by atoms with E-state index in [1.54, 1.807) is 25.2 Å². The third kappa shape index (κ3) is 2.65. The molecule has 3 rings (SSSR count). The van der Waals surface area contributed by atoms with Crippen molar-refractivity contribution in [1.82, 2.24) is 15.1 Å². The summed E-state index contributed by atoms with van der Waals surface area (Å²) in [5.74, 6) is 0.687. The molecule has 0 bridgehead atoms. The Morgan fingerprint density at radius 3 is 2.65 bits per heavy atom. The SMILES string of the molecule is Cc1noc(C)c1C(=O)OCc1nc(N)c2c(C)c(C)sc2n1. The van der Waals surface area contributed by atoms with Gasteiger partial charge in [-0.05, 0) is 33.3 Å². The van der Waals surface area contributed by atoms with Gasteiger partial charge in [-0.3, -0.25) is 0 Å². The molecule has 3 heterocycles. The normalized spacial score (nSPS) is 11.1. The topological polar surface area (TPSA) is 104 Å². The number of hydrogen-bond donors (Lipinski definition) is 1. The average molecular weight is 332 g/mol. The van der Waals surface area contributed by atoms with Gasteiger partial charge in [0.2, 0.25) is 0 Å². The summed E-state index contributed by atoms with van der Waals surface area (Å²) in [6.07, 6.45) is 0. The van der Waals surface area contributed by atoms with Crippen LogP contribution in [-0.4, -0.2) is 21.1 Å². The first-order chi connectivity index (χ1) is 10.9. The molecule has 0 aromatic carbocycles. The Labute approximate surface area is 136 Å². The van der Waals surface area contributed by atoms with Crippen LogP contribution in [-0.2, 0) is 11.3 Å². The summed E-state index contributed by atoms with van der Waals surface area (Å²) in [6.45, 7) is 7.29. The molecule has 0 aliphatic rings. The molecule has 7 nitrogen and oxygen atoms in total. The first-order valence-corrected chi connectivity index (χ1v) is 7.82. The van der Waals surface area contributed by atoms with E-state index in [0.717, 1.165) is 20.7 Å². The Kier molecular flexibility index (Phi) is 3.77. The van der Waals surface area contributed by atoms with Crippen LogP contribution in [0.1, 0.15) is 38.1 Å². The molecule has 120 valence electrons. The lowest BCUT2D eigenvalue weighted by molar-refractivity contribution is 0.0460. The molecule has 2 N–H and O–H groups in total. The van der Waals surface area contributed by atoms with E-state index in [9.17, 15) is 4.79 Å². The van der Waals surface area contributed by atoms with Crippen LogP contribution in [0.4, 0.5) is 5.82 Å². The predicted molar refractivity (Wildman–Crippen MR) is 86.4 cm³/mol. The number of anilines is 1. The summed E-state index contributed by atoms with van der Waals surface area (Å²) in [7, 11) is 0. The molecule has 3 aromatic heterocycles. The lowest BCUT2D eigenvalue weighted by Gasteiger charge is -2.05. The Hall–Kier alpha value is -2.48. The number of esters is 1. The van der Waals surface area contributed by atoms with E-state index in [0.29, 0.717) is 28.7 Å². The Balaban J connectivity index is 1.84. The number of aryl methyl sites for hydroxylation is 4. The summed E-state index contributed by atoms with van der Waals surface area (Å²) in [4.78, 5) is 22.7. The van der Waals surface area contributed by atoms with Crippen molar-refractivity contribution in [2.75, 3.05) is 5.73 Å². The molecule has 0 saturated heterocycles. The second-order valence-electron chi connectivity index (χ2n) is 5.26. The summed E-state index contributed by atoms with van der Waals surface area (Å²) in [5.41, 5.74) is 7.92. The predicted octanol–water partition coefficient (Wildman–Crippen LogP) is 2.85. The molecule has 3 aromatic rings. The zero-order chi connectivity index (χ0) is 16.7. The van der Waals surface area contributed by atoms with Crippen LogP contribution in [0.25, 0.3) is 10.2 Å². The maximum atomic E-state index is 12.1. The van der Waals surface area contributed by atoms with Gasteiger partial charge in [0.05, 0.1) is 11.1 Å². The van der Waals surface area contributed by atoms with E-state index < -0.39 is 5.97 Å². The van der Waals surface area contributed by atoms with E-state index in [1.807, 2.05) is 13.8 Å². The largest absolute Gasteiger partial charge is 0.454 e. The number of ether oxygens (including phenoxy) is 1. The molecule has 0 amide bonds. The number of nitrogens with two attached hydrogens (primary N) is 1. The molecular weight excluding hydrogens is 316 g/mol. The van der Waals surface area contributed by atoms with Crippen molar-refractivity contribution in [2.24, 2.45) is 0 Å². The van der Waals surface area contributed by atoms with E-state index >= 15 is 0 Å². The fourth-order valence-electron chi connectivity index (χ4n) is 2.37. The van der Waals surface area contributed by atoms with Gasteiger partial charge < -0.3 is 15.0 Å². The van der Waals surface area contributed by atoms with Gasteiger partial charge >= 0.3 is 5.97 Å². The summed E-state index contributed by atoms with van der Waals surface area (Å²) in [5, 5.41) is 4.60. The van der Waals surface area contributed by atoms with Crippen LogP contribution in [0.3, 0.4) is 0 Å². The van der Waals surface area contributed by atoms with Crippen molar-refractivity contribution in [1.29, 1.82) is 0 Å². The number of rotatable bonds is 3. The second kappa shape index (κ2) is 5.62. The van der Waals surface area contributed by atoms with Gasteiger partial charge in [-0.1, -0.05) is 5.16 Å². The van der Waals surface area contributed by atoms with E-state index in [4.69, 9.17) is 15.0 Å². The maximum Gasteiger partial charge on any atom is 0.344 e. The third-order valence-electron chi connectivity index (χ3n) is 3.67. The van der Waals surface area contributed by atoms with Crippen molar-refractivity contribution < 1.29 is 14.1 Å². The maximum absolute atomic E-state index is 12.1. The van der Waals surface area contributed by atoms with Crippen molar-refractivity contribution >= 4 is 33.3 Å². The van der Waals surface area contributed by atoms with E-state index in [-0.39, 0.29) is 6.61 Å². The van der Waals surface area contributed by atoms with E-state index in [1.165, 1.54) is 0 Å². The molecule has 0 aliphatic carbocycles. The van der Waals surface area contributed by atoms with Gasteiger partial charge in [0.1, 0.15) is 22.0 Å². The molecule has 0 aliphatic heterocycles. The van der Waals surface area contributed by atoms with Gasteiger partial charge in [0.15, 0.2) is 12.4 Å². The lowest BCUT2D eigenvalue weighted by atomic mass is 10.2. The van der Waals surface area contributed by atoms with Gasteiger partial charge in [0, 0.05) is 4.88 Å². The zero-order valence-electron chi connectivity index (χ0n) is 13.3. The highest BCUT2D eigenvalue weighted by Gasteiger charge is 2.20. The number of hydrogen-bond acceptors (Lipinski definition) is 8. The minimum Gasteiger partial charge on any atom is -0.454 e. The fraction of sp³-hybridized carbons (Fsp3) is 0.333. The Morgan fingerprint density at radius 2 is 2.00 bits per heavy atom. The highest BCUT2D eigenvalue weighted by Crippen LogP contribution is 2.31. The van der Waals surface area contributed by atoms with Crippen molar-refractivity contribution in [3.63, 3.8) is 0 Å². The van der Waals surface area contributed by atoms with Crippen LogP contribution >= 0.6 is 11.3 Å². The van der Waals surface area contributed by atoms with Gasteiger partial charge in [0.25, 0.3) is 0 Å². The minimum absolute atomic E-state index is 0.0565. The number of aromatic nitrogens is 3. The second-order valence-corrected chi connectivity index (χ2v) is 6.47. The minimum atomic E-state index is -0.512. The summed E-state index contributed by atoms with van der Waals surface area (Å²) >= 11 is 1.55. The van der Waals surface area contributed by atoms with Gasteiger partial charge in [-0.25, -0.2) is 14.8 Å². The molecule has 0 fully saturated rings. The highest BCUT2D eigenvalue weighted by molar-refractivity contribution is 7.18. The quantitative estimate of drug-likeness (QED) is 0.735. The Morgan fingerprint density at radius 1 is 1.26 bits per heavy atom. The molecule has 23 heavy (non-hydrogen) atoms. The van der Waals surface area contributed by atoms with Gasteiger partial charge in [-0.15, -0.1) is 11.3 Å². The van der Waals surface area contributed by atoms with Crippen molar-refractivity contribution in [2.45, 2.75) is 34.3 Å². The molecule has 0 radical (unpaired) electrons. The third-order valence-corrected chi connectivity index (χ3v) is 4.77. The zero-order valence-corrected chi connectivity index (χ0v) is 14.1. The molecule has 0 spiro atoms. The van der Waals surface area contributed by atoms with Crippen LogP contribution in [0.15, 0.2) is 4.52 Å². The van der Waals surface area contributed by atoms with E-state index in [2.05, 4.69) is 15.1 Å². The monoisotopic (exact) mass is 332 g/mol. The molecule has 0 saturated carbocycles. The fourth-order valence-corrected chi connectivity index (χ4v) is 3.42. The number of fused-ring (bicyclic) bond motifs is 1. The number of carbonyl (C=O) groups excluding carboxylic acids is 1. The van der Waals surface area contributed by atoms with Crippen LogP contribution in [0.5, 0.6) is 0 Å². The highest BCUT2D eigenvalue weighted by atomic mass is 32.1. The van der Waals surface area contributed by atoms with Gasteiger partial charge in [-0.2, -0.15) is 0 Å². The van der Waals surface area contributed by atoms with Crippen LogP contribution < -0.4 is 5.73 Å². The molecule has 0 unspecified atom stereocenters. The lowest BCUT2D eigenvalue weighted by Crippen LogP contribution is -2.10. The number of thiophene rings is 1. The number of nitrogens with zero attached hydrogens (tertiary/aromatic N) is 3. The molecule has 0 atom stereocenters. The molecular formula is C15H16N4O3S. The Bertz CT molecular complexity index is 894. The van der Waals surface area contributed by atoms with Crippen LogP contribution in [0.2, 0.25) is 0 Å². The standard InChI is InChI=1S/C15H16N4O3S/c1-6-9(4)23-14-11(6)13(16)17-10(18-14)5-21-15(20)12-7(2)19-22-8(12)3/h5H2,1-4H3,(H2,16,17,18). The van der Waals surface area contributed by atoms with Crippen molar-refractivity contribution in [3.8, 4) is 0 Å². The summed E-state index contributed by atoms with van der Waals surface area (Å²) in [6, 6.07) is 0. The summed E-state index contributed by atoms with van der Waals surface area (Å²) < 4.78 is 10.2. The first kappa shape index (κ1) is 15.4. The van der Waals surface area contributed by atoms with Crippen molar-refractivity contribution in [3.05, 3.63) is 33.3 Å². The smallest absolute Gasteiger partial charge is 0.344 e. The van der Waals surface area contributed by atoms with Crippen LogP contribution in [0, 0.1) is 27.7 Å². The number of carbonyl (C=O) groups is 1. The average Bonchev–Trinajstić information content (AvgIpc) is 2.97.